The summed E-state index contributed by atoms with van der Waals surface area (Å²) in [5.74, 6) is -2.53. The van der Waals surface area contributed by atoms with Crippen molar-refractivity contribution in [1.82, 2.24) is 15.6 Å². The molecule has 214 valence electrons. The molecule has 10 nitrogen and oxygen atoms in total. The molecule has 2 saturated heterocycles. The van der Waals surface area contributed by atoms with E-state index in [1.165, 1.54) is 12.1 Å². The van der Waals surface area contributed by atoms with Crippen molar-refractivity contribution in [3.8, 4) is 11.1 Å². The van der Waals surface area contributed by atoms with Crippen LogP contribution in [0.2, 0.25) is 0 Å². The number of fused-ring (bicyclic) bond motifs is 2. The van der Waals surface area contributed by atoms with E-state index in [1.807, 2.05) is 19.9 Å². The maximum atomic E-state index is 13.2. The molecule has 1 aromatic heterocycles. The van der Waals surface area contributed by atoms with Crippen LogP contribution in [0.15, 0.2) is 42.6 Å². The number of likely N-dealkylation sites (N-methyl/N-ethyl adjacent to an activating group) is 1. The second-order valence-electron chi connectivity index (χ2n) is 10.6. The van der Waals surface area contributed by atoms with Crippen LogP contribution >= 0.6 is 0 Å². The molecular weight excluding hydrogens is 509 g/mol. The molecule has 3 aliphatic rings. The number of aliphatic hydroxyl groups excluding tert-OH is 1. The lowest BCUT2D eigenvalue weighted by atomic mass is 9.77. The third-order valence-corrected chi connectivity index (χ3v) is 8.03. The molecule has 0 bridgehead atoms. The molecule has 1 saturated carbocycles. The predicted molar refractivity (Wildman–Crippen MR) is 140 cm³/mol. The van der Waals surface area contributed by atoms with Crippen LogP contribution in [0.25, 0.3) is 11.1 Å². The zero-order valence-electron chi connectivity index (χ0n) is 22.3. The molecule has 3 unspecified atom stereocenters. The Kier molecular flexibility index (Phi) is 9.01. The predicted octanol–water partition coefficient (Wildman–Crippen LogP) is 1.08. The number of ether oxygens (including phenoxy) is 3. The molecule has 1 aliphatic carbocycles. The maximum Gasteiger partial charge on any atom is 0.239 e. The minimum absolute atomic E-state index is 0. The van der Waals surface area contributed by atoms with Gasteiger partial charge in [-0.1, -0.05) is 31.5 Å². The van der Waals surface area contributed by atoms with Crippen molar-refractivity contribution in [2.24, 2.45) is 5.92 Å². The minimum Gasteiger partial charge on any atom is -0.412 e. The Morgan fingerprint density at radius 2 is 1.87 bits per heavy atom. The number of aliphatic hydroxyl groups is 2. The molecule has 11 heteroatoms. The summed E-state index contributed by atoms with van der Waals surface area (Å²) in [4.78, 5) is 17.4. The van der Waals surface area contributed by atoms with Gasteiger partial charge >= 0.3 is 0 Å². The molecular formula is C28H38FN3O7. The monoisotopic (exact) mass is 547 g/mol. The lowest BCUT2D eigenvalue weighted by Gasteiger charge is -2.57. The van der Waals surface area contributed by atoms with Crippen LogP contribution in [0.3, 0.4) is 0 Å². The van der Waals surface area contributed by atoms with E-state index in [-0.39, 0.29) is 41.7 Å². The number of amides is 1. The highest BCUT2D eigenvalue weighted by molar-refractivity contribution is 5.78. The number of nitrogens with zero attached hydrogens (tertiary/aromatic N) is 1. The summed E-state index contributed by atoms with van der Waals surface area (Å²) >= 11 is 0. The SMILES string of the molecule is CC[C@H]1CC2OC3O[C@H](C)C[C@@H](NC(=O)Cc4ccc(-c5ccc(F)cc5)cn4)[C@]3(O)OC2[C@@H](NC)[C@H]1O.O. The van der Waals surface area contributed by atoms with Gasteiger partial charge in [0.25, 0.3) is 0 Å². The number of nitrogens with one attached hydrogen (secondary N) is 2. The number of carbonyl (C=O) groups is 1. The van der Waals surface area contributed by atoms with Crippen molar-refractivity contribution in [1.29, 1.82) is 0 Å². The summed E-state index contributed by atoms with van der Waals surface area (Å²) in [6, 6.07) is 8.46. The first-order chi connectivity index (χ1) is 18.2. The molecule has 9 atom stereocenters. The van der Waals surface area contributed by atoms with E-state index in [0.717, 1.165) is 17.5 Å². The molecule has 5 rings (SSSR count). The highest BCUT2D eigenvalue weighted by atomic mass is 19.1. The zero-order valence-corrected chi connectivity index (χ0v) is 22.3. The van der Waals surface area contributed by atoms with Gasteiger partial charge in [-0.3, -0.25) is 9.78 Å². The van der Waals surface area contributed by atoms with Crippen LogP contribution in [-0.4, -0.2) is 82.2 Å². The van der Waals surface area contributed by atoms with E-state index < -0.39 is 36.4 Å². The molecule has 3 heterocycles. The van der Waals surface area contributed by atoms with E-state index in [9.17, 15) is 19.4 Å². The molecule has 1 amide bonds. The van der Waals surface area contributed by atoms with E-state index in [1.54, 1.807) is 31.4 Å². The van der Waals surface area contributed by atoms with Gasteiger partial charge in [0.05, 0.1) is 36.8 Å². The lowest BCUT2D eigenvalue weighted by molar-refractivity contribution is -0.443. The van der Waals surface area contributed by atoms with Crippen molar-refractivity contribution in [2.45, 2.75) is 88.1 Å². The first kappa shape index (κ1) is 29.5. The standard InChI is InChI=1S/C28H36FN3O6.H2O/c1-4-16-12-21-26(24(30-3)25(16)34)38-28(35)22(11-15(2)36-27(28)37-21)32-23(33)13-20-10-7-18(14-31-20)17-5-8-19(29)9-6-17;/h5-10,14-16,21-22,24-27,30,34-35H,4,11-13H2,1-3H3,(H,32,33);1H2/t15-,16+,21?,22-,24+,25+,26?,27?,28+;/m1./s1. The van der Waals surface area contributed by atoms with Crippen molar-refractivity contribution in [2.75, 3.05) is 7.05 Å². The van der Waals surface area contributed by atoms with Crippen LogP contribution in [0.1, 0.15) is 38.8 Å². The molecule has 2 aliphatic heterocycles. The van der Waals surface area contributed by atoms with E-state index in [4.69, 9.17) is 14.2 Å². The zero-order chi connectivity index (χ0) is 27.0. The van der Waals surface area contributed by atoms with Gasteiger partial charge in [-0.25, -0.2) is 4.39 Å². The van der Waals surface area contributed by atoms with Crippen LogP contribution in [0.4, 0.5) is 4.39 Å². The third-order valence-electron chi connectivity index (χ3n) is 8.03. The maximum absolute atomic E-state index is 13.2. The second-order valence-corrected chi connectivity index (χ2v) is 10.6. The molecule has 0 radical (unpaired) electrons. The Bertz CT molecular complexity index is 1120. The highest BCUT2D eigenvalue weighted by Crippen LogP contribution is 2.43. The van der Waals surface area contributed by atoms with Crippen molar-refractivity contribution in [3.63, 3.8) is 0 Å². The summed E-state index contributed by atoms with van der Waals surface area (Å²) in [7, 11) is 1.75. The smallest absolute Gasteiger partial charge is 0.239 e. The quantitative estimate of drug-likeness (QED) is 0.419. The summed E-state index contributed by atoms with van der Waals surface area (Å²) < 4.78 is 31.6. The number of hydrogen-bond acceptors (Lipinski definition) is 8. The van der Waals surface area contributed by atoms with Crippen LogP contribution in [0.5, 0.6) is 0 Å². The summed E-state index contributed by atoms with van der Waals surface area (Å²) in [6.45, 7) is 3.89. The summed E-state index contributed by atoms with van der Waals surface area (Å²) in [6.07, 6.45) is 0.343. The summed E-state index contributed by atoms with van der Waals surface area (Å²) in [5.41, 5.74) is 2.19. The number of aromatic nitrogens is 1. The first-order valence-electron chi connectivity index (χ1n) is 13.3. The molecule has 1 aromatic carbocycles. The van der Waals surface area contributed by atoms with Gasteiger partial charge in [0, 0.05) is 17.5 Å². The highest BCUT2D eigenvalue weighted by Gasteiger charge is 2.61. The lowest BCUT2D eigenvalue weighted by Crippen LogP contribution is -2.75. The normalized spacial score (nSPS) is 35.7. The second kappa shape index (κ2) is 11.9. The largest absolute Gasteiger partial charge is 0.412 e. The number of pyridine rings is 1. The van der Waals surface area contributed by atoms with Crippen molar-refractivity contribution < 1.29 is 39.1 Å². The van der Waals surface area contributed by atoms with E-state index in [0.29, 0.717) is 18.5 Å². The first-order valence-corrected chi connectivity index (χ1v) is 13.3. The Morgan fingerprint density at radius 3 is 2.51 bits per heavy atom. The number of rotatable bonds is 6. The number of hydrogen-bond donors (Lipinski definition) is 4. The Labute approximate surface area is 227 Å². The fraction of sp³-hybridized carbons (Fsp3) is 0.571. The van der Waals surface area contributed by atoms with Gasteiger partial charge in [0.1, 0.15) is 11.9 Å². The molecule has 39 heavy (non-hydrogen) atoms. The minimum atomic E-state index is -1.92. The average molecular weight is 548 g/mol. The fourth-order valence-corrected chi connectivity index (χ4v) is 5.90. The molecule has 6 N–H and O–H groups in total. The van der Waals surface area contributed by atoms with E-state index >= 15 is 0 Å². The Hall–Kier alpha value is -2.51. The molecule has 0 spiro atoms. The number of carbonyl (C=O) groups excluding carboxylic acids is 1. The molecule has 3 fully saturated rings. The third kappa shape index (κ3) is 5.85. The van der Waals surface area contributed by atoms with Gasteiger partial charge in [-0.05, 0) is 56.5 Å². The molecule has 2 aromatic rings. The van der Waals surface area contributed by atoms with Gasteiger partial charge in [0.15, 0.2) is 0 Å². The van der Waals surface area contributed by atoms with E-state index in [2.05, 4.69) is 15.6 Å². The van der Waals surface area contributed by atoms with Crippen LogP contribution in [-0.2, 0) is 25.4 Å². The van der Waals surface area contributed by atoms with Crippen molar-refractivity contribution >= 4 is 5.91 Å². The fourth-order valence-electron chi connectivity index (χ4n) is 5.90. The van der Waals surface area contributed by atoms with Gasteiger partial charge in [-0.2, -0.15) is 0 Å². The number of halogens is 1. The van der Waals surface area contributed by atoms with Gasteiger partial charge in [-0.15, -0.1) is 0 Å². The van der Waals surface area contributed by atoms with Crippen LogP contribution in [0, 0.1) is 11.7 Å². The van der Waals surface area contributed by atoms with Gasteiger partial charge in [0.2, 0.25) is 18.0 Å². The summed E-state index contributed by atoms with van der Waals surface area (Å²) in [5, 5.41) is 28.6. The van der Waals surface area contributed by atoms with Gasteiger partial charge < -0.3 is 40.5 Å². The Balaban J connectivity index is 0.00000353. The van der Waals surface area contributed by atoms with Crippen molar-refractivity contribution in [3.05, 3.63) is 54.1 Å². The topological polar surface area (TPSA) is 154 Å². The average Bonchev–Trinajstić information content (AvgIpc) is 2.89. The number of benzene rings is 1. The van der Waals surface area contributed by atoms with Crippen LogP contribution < -0.4 is 10.6 Å². The Morgan fingerprint density at radius 1 is 1.15 bits per heavy atom.